The van der Waals surface area contributed by atoms with Crippen molar-refractivity contribution in [3.63, 3.8) is 0 Å². The summed E-state index contributed by atoms with van der Waals surface area (Å²) in [5.74, 6) is 0.145. The second-order valence-corrected chi connectivity index (χ2v) is 4.89. The minimum absolute atomic E-state index is 0.212. The summed E-state index contributed by atoms with van der Waals surface area (Å²) < 4.78 is 0. The molecule has 1 aromatic rings. The van der Waals surface area contributed by atoms with Crippen LogP contribution in [0.25, 0.3) is 0 Å². The molecule has 0 spiro atoms. The second kappa shape index (κ2) is 7.41. The summed E-state index contributed by atoms with van der Waals surface area (Å²) in [6, 6.07) is 8.17. The smallest absolute Gasteiger partial charge is 0.312 e. The van der Waals surface area contributed by atoms with E-state index in [4.69, 9.17) is 5.73 Å². The molecule has 0 heterocycles. The standard InChI is InChI=1S/C14H21N3O2/c1-10(2)9-16-13(18)12(17-14(15)19)8-11-6-4-3-5-7-11/h3-7,10,12H,8-9H2,1-2H3,(H,16,18)(H3,15,17,19)/t12-/m0/s1. The summed E-state index contributed by atoms with van der Waals surface area (Å²) >= 11 is 0. The third kappa shape index (κ3) is 5.90. The first-order valence-electron chi connectivity index (χ1n) is 6.36. The van der Waals surface area contributed by atoms with E-state index in [9.17, 15) is 9.59 Å². The minimum atomic E-state index is -0.694. The topological polar surface area (TPSA) is 84.2 Å². The van der Waals surface area contributed by atoms with Gasteiger partial charge in [-0.15, -0.1) is 0 Å². The molecule has 104 valence electrons. The third-order valence-electron chi connectivity index (χ3n) is 2.60. The first kappa shape index (κ1) is 15.0. The van der Waals surface area contributed by atoms with E-state index in [-0.39, 0.29) is 5.91 Å². The second-order valence-electron chi connectivity index (χ2n) is 4.89. The quantitative estimate of drug-likeness (QED) is 0.716. The maximum Gasteiger partial charge on any atom is 0.312 e. The van der Waals surface area contributed by atoms with Crippen LogP contribution in [0.15, 0.2) is 30.3 Å². The summed E-state index contributed by atoms with van der Waals surface area (Å²) in [4.78, 5) is 23.0. The zero-order chi connectivity index (χ0) is 14.3. The number of carbonyl (C=O) groups is 2. The Morgan fingerprint density at radius 2 is 1.84 bits per heavy atom. The highest BCUT2D eigenvalue weighted by atomic mass is 16.2. The Bertz CT molecular complexity index is 418. The van der Waals surface area contributed by atoms with Crippen LogP contribution in [0.3, 0.4) is 0 Å². The van der Waals surface area contributed by atoms with Crippen LogP contribution in [0.2, 0.25) is 0 Å². The zero-order valence-electron chi connectivity index (χ0n) is 11.3. The van der Waals surface area contributed by atoms with Gasteiger partial charge in [-0.25, -0.2) is 4.79 Å². The molecule has 5 heteroatoms. The fourth-order valence-electron chi connectivity index (χ4n) is 1.66. The number of primary amides is 1. The fourth-order valence-corrected chi connectivity index (χ4v) is 1.66. The molecule has 0 aliphatic rings. The maximum absolute atomic E-state index is 12.0. The molecule has 0 aliphatic carbocycles. The summed E-state index contributed by atoms with van der Waals surface area (Å²) in [6.45, 7) is 4.59. The van der Waals surface area contributed by atoms with Gasteiger partial charge in [0.15, 0.2) is 0 Å². The van der Waals surface area contributed by atoms with Gasteiger partial charge in [0.2, 0.25) is 5.91 Å². The van der Waals surface area contributed by atoms with E-state index in [1.807, 2.05) is 44.2 Å². The summed E-state index contributed by atoms with van der Waals surface area (Å²) in [6.07, 6.45) is 0.424. The summed E-state index contributed by atoms with van der Waals surface area (Å²) in [5, 5.41) is 5.28. The van der Waals surface area contributed by atoms with Gasteiger partial charge < -0.3 is 16.4 Å². The molecular formula is C14H21N3O2. The molecule has 0 bridgehead atoms. The van der Waals surface area contributed by atoms with Crippen molar-refractivity contribution in [3.05, 3.63) is 35.9 Å². The molecule has 1 atom stereocenters. The van der Waals surface area contributed by atoms with Crippen molar-refractivity contribution in [2.75, 3.05) is 6.54 Å². The molecule has 3 amide bonds. The van der Waals surface area contributed by atoms with Gasteiger partial charge in [0.05, 0.1) is 0 Å². The van der Waals surface area contributed by atoms with Crippen LogP contribution in [0.1, 0.15) is 19.4 Å². The Balaban J connectivity index is 2.66. The van der Waals surface area contributed by atoms with Crippen molar-refractivity contribution in [2.45, 2.75) is 26.3 Å². The van der Waals surface area contributed by atoms with Crippen LogP contribution >= 0.6 is 0 Å². The lowest BCUT2D eigenvalue weighted by Gasteiger charge is -2.18. The van der Waals surface area contributed by atoms with E-state index >= 15 is 0 Å². The maximum atomic E-state index is 12.0. The van der Waals surface area contributed by atoms with Gasteiger partial charge in [-0.1, -0.05) is 44.2 Å². The average molecular weight is 263 g/mol. The molecule has 0 aliphatic heterocycles. The van der Waals surface area contributed by atoms with Crippen LogP contribution in [0, 0.1) is 5.92 Å². The van der Waals surface area contributed by atoms with E-state index in [0.29, 0.717) is 18.9 Å². The van der Waals surface area contributed by atoms with E-state index in [1.54, 1.807) is 0 Å². The van der Waals surface area contributed by atoms with E-state index in [2.05, 4.69) is 10.6 Å². The molecule has 19 heavy (non-hydrogen) atoms. The molecule has 1 aromatic carbocycles. The summed E-state index contributed by atoms with van der Waals surface area (Å²) in [7, 11) is 0. The predicted molar refractivity (Wildman–Crippen MR) is 74.5 cm³/mol. The highest BCUT2D eigenvalue weighted by molar-refractivity contribution is 5.86. The largest absolute Gasteiger partial charge is 0.354 e. The first-order chi connectivity index (χ1) is 8.99. The van der Waals surface area contributed by atoms with Gasteiger partial charge in [-0.3, -0.25) is 4.79 Å². The van der Waals surface area contributed by atoms with Crippen LogP contribution < -0.4 is 16.4 Å². The molecule has 0 saturated carbocycles. The van der Waals surface area contributed by atoms with E-state index in [0.717, 1.165) is 5.56 Å². The van der Waals surface area contributed by atoms with Gasteiger partial charge in [0.1, 0.15) is 6.04 Å². The normalized spacial score (nSPS) is 11.9. The summed E-state index contributed by atoms with van der Waals surface area (Å²) in [5.41, 5.74) is 6.08. The number of benzene rings is 1. The van der Waals surface area contributed by atoms with Gasteiger partial charge in [-0.05, 0) is 11.5 Å². The molecule has 0 saturated heterocycles. The van der Waals surface area contributed by atoms with Gasteiger partial charge in [0, 0.05) is 13.0 Å². The Kier molecular flexibility index (Phi) is 5.85. The van der Waals surface area contributed by atoms with Crippen LogP contribution in [0.5, 0.6) is 0 Å². The van der Waals surface area contributed by atoms with Crippen molar-refractivity contribution in [1.82, 2.24) is 10.6 Å². The Hall–Kier alpha value is -2.04. The van der Waals surface area contributed by atoms with Crippen molar-refractivity contribution in [3.8, 4) is 0 Å². The molecule has 0 unspecified atom stereocenters. The lowest BCUT2D eigenvalue weighted by Crippen LogP contribution is -2.50. The molecule has 4 N–H and O–H groups in total. The number of rotatable bonds is 6. The Morgan fingerprint density at radius 1 is 1.21 bits per heavy atom. The lowest BCUT2D eigenvalue weighted by molar-refractivity contribution is -0.123. The van der Waals surface area contributed by atoms with Crippen LogP contribution in [-0.2, 0) is 11.2 Å². The molecule has 5 nitrogen and oxygen atoms in total. The molecule has 0 fully saturated rings. The zero-order valence-corrected chi connectivity index (χ0v) is 11.3. The number of carbonyl (C=O) groups excluding carboxylic acids is 2. The Morgan fingerprint density at radius 3 is 2.37 bits per heavy atom. The highest BCUT2D eigenvalue weighted by Gasteiger charge is 2.20. The lowest BCUT2D eigenvalue weighted by atomic mass is 10.1. The number of nitrogens with two attached hydrogens (primary N) is 1. The number of urea groups is 1. The number of amides is 3. The number of hydrogen-bond acceptors (Lipinski definition) is 2. The van der Waals surface area contributed by atoms with Crippen molar-refractivity contribution >= 4 is 11.9 Å². The van der Waals surface area contributed by atoms with Crippen molar-refractivity contribution < 1.29 is 9.59 Å². The van der Waals surface area contributed by atoms with Gasteiger partial charge >= 0.3 is 6.03 Å². The highest BCUT2D eigenvalue weighted by Crippen LogP contribution is 2.03. The third-order valence-corrected chi connectivity index (χ3v) is 2.60. The molecule has 0 aromatic heterocycles. The van der Waals surface area contributed by atoms with E-state index < -0.39 is 12.1 Å². The number of hydrogen-bond donors (Lipinski definition) is 3. The first-order valence-corrected chi connectivity index (χ1v) is 6.36. The fraction of sp³-hybridized carbons (Fsp3) is 0.429. The minimum Gasteiger partial charge on any atom is -0.354 e. The molecule has 0 radical (unpaired) electrons. The SMILES string of the molecule is CC(C)CNC(=O)[C@H](Cc1ccccc1)NC(N)=O. The van der Waals surface area contributed by atoms with E-state index in [1.165, 1.54) is 0 Å². The molecule has 1 rings (SSSR count). The van der Waals surface area contributed by atoms with Gasteiger partial charge in [-0.2, -0.15) is 0 Å². The number of nitrogens with one attached hydrogen (secondary N) is 2. The molecular weight excluding hydrogens is 242 g/mol. The van der Waals surface area contributed by atoms with Crippen LogP contribution in [-0.4, -0.2) is 24.5 Å². The van der Waals surface area contributed by atoms with Gasteiger partial charge in [0.25, 0.3) is 0 Å². The van der Waals surface area contributed by atoms with Crippen molar-refractivity contribution in [2.24, 2.45) is 11.7 Å². The van der Waals surface area contributed by atoms with Crippen LogP contribution in [0.4, 0.5) is 4.79 Å². The monoisotopic (exact) mass is 263 g/mol. The van der Waals surface area contributed by atoms with Crippen molar-refractivity contribution in [1.29, 1.82) is 0 Å². The predicted octanol–water partition coefficient (Wildman–Crippen LogP) is 1.04. The average Bonchev–Trinajstić information content (AvgIpc) is 2.36. The Labute approximate surface area is 113 Å².